The largest absolute Gasteiger partial charge is 0.469 e. The van der Waals surface area contributed by atoms with Crippen LogP contribution in [0, 0.1) is 0 Å². The van der Waals surface area contributed by atoms with E-state index >= 15 is 0 Å². The highest BCUT2D eigenvalue weighted by Gasteiger charge is 2.20. The molecule has 2 amide bonds. The van der Waals surface area contributed by atoms with Crippen molar-refractivity contribution < 1.29 is 9.21 Å². The lowest BCUT2D eigenvalue weighted by molar-refractivity contribution is 0.196. The van der Waals surface area contributed by atoms with Crippen molar-refractivity contribution in [3.05, 3.63) is 41.6 Å². The monoisotopic (exact) mass is 288 g/mol. The first-order valence-electron chi connectivity index (χ1n) is 7.29. The van der Waals surface area contributed by atoms with Gasteiger partial charge in [0.25, 0.3) is 0 Å². The van der Waals surface area contributed by atoms with Gasteiger partial charge in [-0.25, -0.2) is 4.79 Å². The van der Waals surface area contributed by atoms with Crippen molar-refractivity contribution in [2.45, 2.75) is 25.8 Å². The summed E-state index contributed by atoms with van der Waals surface area (Å²) < 4.78 is 7.21. The number of furan rings is 1. The number of hydrogen-bond donors (Lipinski definition) is 1. The van der Waals surface area contributed by atoms with Crippen LogP contribution in [0.2, 0.25) is 0 Å². The van der Waals surface area contributed by atoms with Crippen LogP contribution in [0.25, 0.3) is 0 Å². The number of nitrogens with one attached hydrogen (secondary N) is 1. The van der Waals surface area contributed by atoms with Gasteiger partial charge < -0.3 is 14.6 Å². The van der Waals surface area contributed by atoms with Crippen molar-refractivity contribution >= 4 is 6.03 Å². The lowest BCUT2D eigenvalue weighted by Crippen LogP contribution is -2.40. The van der Waals surface area contributed by atoms with E-state index in [1.807, 2.05) is 30.3 Å². The van der Waals surface area contributed by atoms with Gasteiger partial charge >= 0.3 is 6.03 Å². The zero-order valence-corrected chi connectivity index (χ0v) is 12.2. The van der Waals surface area contributed by atoms with Gasteiger partial charge in [-0.3, -0.25) is 4.68 Å². The maximum atomic E-state index is 12.2. The normalized spacial score (nSPS) is 14.6. The summed E-state index contributed by atoms with van der Waals surface area (Å²) >= 11 is 0. The Kier molecular flexibility index (Phi) is 3.94. The minimum atomic E-state index is -0.0139. The first-order valence-corrected chi connectivity index (χ1v) is 7.29. The number of urea groups is 1. The summed E-state index contributed by atoms with van der Waals surface area (Å²) in [5.41, 5.74) is 2.11. The van der Waals surface area contributed by atoms with Crippen molar-refractivity contribution in [3.63, 3.8) is 0 Å². The number of aryl methyl sites for hydroxylation is 2. The van der Waals surface area contributed by atoms with Gasteiger partial charge in [-0.05, 0) is 18.6 Å². The molecular weight excluding hydrogens is 268 g/mol. The van der Waals surface area contributed by atoms with Crippen LogP contribution in [0.15, 0.2) is 29.0 Å². The fraction of sp³-hybridized carbons (Fsp3) is 0.467. The minimum absolute atomic E-state index is 0.0139. The smallest absolute Gasteiger partial charge is 0.317 e. The summed E-state index contributed by atoms with van der Waals surface area (Å²) in [6.07, 6.45) is 6.20. The lowest BCUT2D eigenvalue weighted by Gasteiger charge is -2.20. The maximum absolute atomic E-state index is 12.2. The minimum Gasteiger partial charge on any atom is -0.469 e. The molecule has 1 aliphatic rings. The van der Waals surface area contributed by atoms with Crippen LogP contribution in [-0.4, -0.2) is 33.8 Å². The van der Waals surface area contributed by atoms with E-state index in [9.17, 15) is 4.79 Å². The third-order valence-electron chi connectivity index (χ3n) is 3.74. The van der Waals surface area contributed by atoms with Gasteiger partial charge in [0, 0.05) is 44.7 Å². The highest BCUT2D eigenvalue weighted by molar-refractivity contribution is 5.74. The number of fused-ring (bicyclic) bond motifs is 1. The molecule has 0 atom stereocenters. The average molecular weight is 288 g/mol. The van der Waals surface area contributed by atoms with Gasteiger partial charge in [-0.1, -0.05) is 0 Å². The van der Waals surface area contributed by atoms with E-state index in [0.29, 0.717) is 13.1 Å². The predicted molar refractivity (Wildman–Crippen MR) is 77.7 cm³/mol. The lowest BCUT2D eigenvalue weighted by atomic mass is 10.2. The van der Waals surface area contributed by atoms with E-state index < -0.39 is 0 Å². The number of carbonyl (C=O) groups is 1. The van der Waals surface area contributed by atoms with E-state index in [0.717, 1.165) is 42.8 Å². The molecule has 0 saturated carbocycles. The molecule has 0 unspecified atom stereocenters. The Labute approximate surface area is 123 Å². The number of rotatable bonds is 3. The van der Waals surface area contributed by atoms with E-state index in [1.54, 1.807) is 10.9 Å². The van der Waals surface area contributed by atoms with Crippen LogP contribution in [-0.2, 0) is 26.4 Å². The molecule has 3 rings (SSSR count). The molecule has 21 heavy (non-hydrogen) atoms. The summed E-state index contributed by atoms with van der Waals surface area (Å²) in [5.74, 6) is 1.01. The van der Waals surface area contributed by atoms with Crippen LogP contribution in [0.1, 0.15) is 23.4 Å². The number of nitrogens with zero attached hydrogens (tertiary/aromatic N) is 3. The third-order valence-corrected chi connectivity index (χ3v) is 3.74. The summed E-state index contributed by atoms with van der Waals surface area (Å²) in [5, 5.41) is 7.27. The summed E-state index contributed by atoms with van der Waals surface area (Å²) in [6, 6.07) is 3.91. The summed E-state index contributed by atoms with van der Waals surface area (Å²) in [7, 11) is 1.89. The van der Waals surface area contributed by atoms with E-state index in [4.69, 9.17) is 4.42 Å². The van der Waals surface area contributed by atoms with Gasteiger partial charge in [-0.15, -0.1) is 0 Å². The highest BCUT2D eigenvalue weighted by Crippen LogP contribution is 2.19. The molecule has 2 aromatic rings. The molecule has 1 aliphatic heterocycles. The molecule has 6 nitrogen and oxygen atoms in total. The predicted octanol–water partition coefficient (Wildman–Crippen LogP) is 1.71. The Morgan fingerprint density at radius 2 is 2.38 bits per heavy atom. The zero-order valence-electron chi connectivity index (χ0n) is 12.2. The molecule has 2 aromatic heterocycles. The van der Waals surface area contributed by atoms with Gasteiger partial charge in [-0.2, -0.15) is 5.10 Å². The number of aromatic nitrogens is 2. The van der Waals surface area contributed by atoms with Gasteiger partial charge in [0.1, 0.15) is 5.76 Å². The Bertz CT molecular complexity index is 617. The molecule has 1 N–H and O–H groups in total. The second kappa shape index (κ2) is 6.03. The van der Waals surface area contributed by atoms with E-state index in [2.05, 4.69) is 10.4 Å². The van der Waals surface area contributed by atoms with Crippen molar-refractivity contribution in [1.82, 2.24) is 20.0 Å². The quantitative estimate of drug-likeness (QED) is 0.935. The van der Waals surface area contributed by atoms with Crippen molar-refractivity contribution in [1.29, 1.82) is 0 Å². The summed E-state index contributed by atoms with van der Waals surface area (Å²) in [6.45, 7) is 1.99. The van der Waals surface area contributed by atoms with Crippen LogP contribution in [0.3, 0.4) is 0 Å². The summed E-state index contributed by atoms with van der Waals surface area (Å²) in [4.78, 5) is 14.1. The molecule has 0 aromatic carbocycles. The Balaban J connectivity index is 1.51. The van der Waals surface area contributed by atoms with Crippen LogP contribution >= 0.6 is 0 Å². The number of carbonyl (C=O) groups excluding carboxylic acids is 1. The zero-order chi connectivity index (χ0) is 14.7. The van der Waals surface area contributed by atoms with Crippen molar-refractivity contribution in [2.24, 2.45) is 7.05 Å². The number of hydrogen-bond acceptors (Lipinski definition) is 3. The third kappa shape index (κ3) is 3.26. The fourth-order valence-corrected chi connectivity index (χ4v) is 2.62. The van der Waals surface area contributed by atoms with Crippen molar-refractivity contribution in [3.8, 4) is 0 Å². The van der Waals surface area contributed by atoms with Crippen molar-refractivity contribution in [2.75, 3.05) is 13.1 Å². The standard InChI is InChI=1S/C15H20N4O2/c1-18-9-5-13(17-18)4-7-16-15(20)19-8-2-3-14-12(11-19)6-10-21-14/h5-6,9-10H,2-4,7-8,11H2,1H3,(H,16,20). The van der Waals surface area contributed by atoms with Crippen LogP contribution in [0.5, 0.6) is 0 Å². The SMILES string of the molecule is Cn1ccc(CCNC(=O)N2CCCc3occc3C2)n1. The van der Waals surface area contributed by atoms with E-state index in [-0.39, 0.29) is 6.03 Å². The Morgan fingerprint density at radius 3 is 3.19 bits per heavy atom. The average Bonchev–Trinajstić information content (AvgIpc) is 3.03. The Hall–Kier alpha value is -2.24. The van der Waals surface area contributed by atoms with Gasteiger partial charge in [0.05, 0.1) is 18.5 Å². The molecule has 6 heteroatoms. The molecule has 112 valence electrons. The first kappa shape index (κ1) is 13.7. The second-order valence-electron chi connectivity index (χ2n) is 5.36. The maximum Gasteiger partial charge on any atom is 0.317 e. The number of amides is 2. The molecule has 0 saturated heterocycles. The van der Waals surface area contributed by atoms with Crippen LogP contribution in [0.4, 0.5) is 4.79 Å². The molecule has 0 fully saturated rings. The van der Waals surface area contributed by atoms with Crippen LogP contribution < -0.4 is 5.32 Å². The first-order chi connectivity index (χ1) is 10.2. The molecule has 0 radical (unpaired) electrons. The molecule has 3 heterocycles. The van der Waals surface area contributed by atoms with Gasteiger partial charge in [0.2, 0.25) is 0 Å². The topological polar surface area (TPSA) is 63.3 Å². The fourth-order valence-electron chi connectivity index (χ4n) is 2.62. The van der Waals surface area contributed by atoms with Gasteiger partial charge in [0.15, 0.2) is 0 Å². The molecule has 0 aliphatic carbocycles. The second-order valence-corrected chi connectivity index (χ2v) is 5.36. The molecule has 0 bridgehead atoms. The molecular formula is C15H20N4O2. The molecule has 0 spiro atoms. The van der Waals surface area contributed by atoms with E-state index in [1.165, 1.54) is 0 Å². The highest BCUT2D eigenvalue weighted by atomic mass is 16.3. The Morgan fingerprint density at radius 1 is 1.48 bits per heavy atom.